The molecule has 0 bridgehead atoms. The molecule has 1 saturated heterocycles. The fourth-order valence-corrected chi connectivity index (χ4v) is 3.72. The average molecular weight is 385 g/mol. The summed E-state index contributed by atoms with van der Waals surface area (Å²) in [6.07, 6.45) is 8.79. The van der Waals surface area contributed by atoms with Crippen LogP contribution in [0.1, 0.15) is 48.9 Å². The fourth-order valence-electron chi connectivity index (χ4n) is 3.72. The number of amides is 2. The van der Waals surface area contributed by atoms with Crippen molar-refractivity contribution in [3.63, 3.8) is 0 Å². The van der Waals surface area contributed by atoms with Crippen LogP contribution in [0.25, 0.3) is 11.2 Å². The summed E-state index contributed by atoms with van der Waals surface area (Å²) in [5.74, 6) is 0.503. The molecule has 150 valence electrons. The highest BCUT2D eigenvalue weighted by Gasteiger charge is 2.33. The summed E-state index contributed by atoms with van der Waals surface area (Å²) in [7, 11) is 0. The van der Waals surface area contributed by atoms with Gasteiger partial charge in [-0.15, -0.1) is 0 Å². The van der Waals surface area contributed by atoms with E-state index in [1.807, 2.05) is 4.90 Å². The van der Waals surface area contributed by atoms with Gasteiger partial charge in [0.15, 0.2) is 5.65 Å². The molecular formula is C20H27N5O3. The van der Waals surface area contributed by atoms with Crippen LogP contribution in [0.4, 0.5) is 0 Å². The average Bonchev–Trinajstić information content (AvgIpc) is 3.45. The molecule has 1 atom stereocenters. The van der Waals surface area contributed by atoms with Gasteiger partial charge >= 0.3 is 0 Å². The number of fused-ring (bicyclic) bond motifs is 1. The second-order valence-corrected chi connectivity index (χ2v) is 7.70. The molecule has 1 aliphatic heterocycles. The number of aromatic amines is 1. The van der Waals surface area contributed by atoms with Crippen molar-refractivity contribution in [3.05, 3.63) is 24.2 Å². The smallest absolute Gasteiger partial charge is 0.255 e. The highest BCUT2D eigenvalue weighted by atomic mass is 16.5. The monoisotopic (exact) mass is 385 g/mol. The Bertz CT molecular complexity index is 826. The Morgan fingerprint density at radius 1 is 1.29 bits per heavy atom. The van der Waals surface area contributed by atoms with Crippen LogP contribution >= 0.6 is 0 Å². The van der Waals surface area contributed by atoms with E-state index in [-0.39, 0.29) is 17.9 Å². The number of imidazole rings is 1. The second-order valence-electron chi connectivity index (χ2n) is 7.70. The van der Waals surface area contributed by atoms with Gasteiger partial charge in [0.2, 0.25) is 5.91 Å². The lowest BCUT2D eigenvalue weighted by molar-refractivity contribution is -0.121. The summed E-state index contributed by atoms with van der Waals surface area (Å²) in [6, 6.07) is 2.05. The first kappa shape index (κ1) is 18.9. The van der Waals surface area contributed by atoms with E-state index in [1.165, 1.54) is 0 Å². The fraction of sp³-hybridized carbons (Fsp3) is 0.600. The molecular weight excluding hydrogens is 358 g/mol. The minimum Gasteiger partial charge on any atom is -0.381 e. The van der Waals surface area contributed by atoms with Crippen molar-refractivity contribution in [2.24, 2.45) is 5.92 Å². The van der Waals surface area contributed by atoms with Crippen LogP contribution in [0, 0.1) is 5.92 Å². The third kappa shape index (κ3) is 4.67. The Kier molecular flexibility index (Phi) is 5.85. The molecule has 2 fully saturated rings. The zero-order chi connectivity index (χ0) is 19.3. The molecule has 2 N–H and O–H groups in total. The Morgan fingerprint density at radius 3 is 2.96 bits per heavy atom. The maximum atomic E-state index is 12.9. The van der Waals surface area contributed by atoms with Crippen LogP contribution in [-0.2, 0) is 9.53 Å². The third-order valence-electron chi connectivity index (χ3n) is 5.48. The van der Waals surface area contributed by atoms with Crippen molar-refractivity contribution >= 4 is 23.0 Å². The molecule has 1 aliphatic carbocycles. The molecule has 1 saturated carbocycles. The van der Waals surface area contributed by atoms with Gasteiger partial charge < -0.3 is 19.9 Å². The molecule has 2 aromatic rings. The highest BCUT2D eigenvalue weighted by molar-refractivity contribution is 5.96. The second kappa shape index (κ2) is 8.68. The van der Waals surface area contributed by atoms with Crippen LogP contribution in [-0.4, -0.2) is 64.0 Å². The summed E-state index contributed by atoms with van der Waals surface area (Å²) in [5.41, 5.74) is 1.90. The number of nitrogens with one attached hydrogen (secondary N) is 2. The van der Waals surface area contributed by atoms with Crippen molar-refractivity contribution in [1.29, 1.82) is 0 Å². The van der Waals surface area contributed by atoms with Gasteiger partial charge in [-0.05, 0) is 44.1 Å². The summed E-state index contributed by atoms with van der Waals surface area (Å²) in [4.78, 5) is 38.2. The zero-order valence-electron chi connectivity index (χ0n) is 16.0. The molecule has 2 amide bonds. The third-order valence-corrected chi connectivity index (χ3v) is 5.48. The van der Waals surface area contributed by atoms with Gasteiger partial charge in [-0.3, -0.25) is 9.59 Å². The minimum absolute atomic E-state index is 0.0416. The normalized spacial score (nSPS) is 19.5. The van der Waals surface area contributed by atoms with Crippen LogP contribution < -0.4 is 5.32 Å². The van der Waals surface area contributed by atoms with Crippen molar-refractivity contribution in [1.82, 2.24) is 25.2 Å². The quantitative estimate of drug-likeness (QED) is 0.723. The summed E-state index contributed by atoms with van der Waals surface area (Å²) in [5, 5.41) is 2.96. The molecule has 8 nitrogen and oxygen atoms in total. The molecule has 8 heteroatoms. The molecule has 4 rings (SSSR count). The number of ether oxygens (including phenoxy) is 1. The van der Waals surface area contributed by atoms with E-state index in [2.05, 4.69) is 20.3 Å². The van der Waals surface area contributed by atoms with E-state index >= 15 is 0 Å². The SMILES string of the molecule is O=C(CCC1CCCOC1)NCCN(C(=O)c1cnc2nc[nH]c2c1)C1CC1. The van der Waals surface area contributed by atoms with Crippen molar-refractivity contribution in [2.75, 3.05) is 26.3 Å². The lowest BCUT2D eigenvalue weighted by atomic mass is 9.97. The number of hydrogen-bond donors (Lipinski definition) is 2. The van der Waals surface area contributed by atoms with E-state index < -0.39 is 0 Å². The number of nitrogens with zero attached hydrogens (tertiary/aromatic N) is 3. The van der Waals surface area contributed by atoms with Gasteiger partial charge in [-0.1, -0.05) is 0 Å². The summed E-state index contributed by atoms with van der Waals surface area (Å²) < 4.78 is 5.46. The number of carbonyl (C=O) groups is 2. The number of hydrogen-bond acceptors (Lipinski definition) is 5. The largest absolute Gasteiger partial charge is 0.381 e. The molecule has 0 aromatic carbocycles. The van der Waals surface area contributed by atoms with E-state index in [9.17, 15) is 9.59 Å². The molecule has 0 spiro atoms. The molecule has 2 aromatic heterocycles. The number of carbonyl (C=O) groups excluding carboxylic acids is 2. The number of aromatic nitrogens is 3. The number of pyridine rings is 1. The van der Waals surface area contributed by atoms with Gasteiger partial charge in [0.25, 0.3) is 5.91 Å². The molecule has 1 unspecified atom stereocenters. The highest BCUT2D eigenvalue weighted by Crippen LogP contribution is 2.28. The Labute approximate surface area is 164 Å². The molecule has 2 aliphatic rings. The first-order valence-electron chi connectivity index (χ1n) is 10.2. The molecule has 0 radical (unpaired) electrons. The Balaban J connectivity index is 1.26. The number of H-pyrrole nitrogens is 1. The Morgan fingerprint density at radius 2 is 2.18 bits per heavy atom. The Hall–Kier alpha value is -2.48. The van der Waals surface area contributed by atoms with Crippen molar-refractivity contribution in [2.45, 2.75) is 44.6 Å². The first-order valence-corrected chi connectivity index (χ1v) is 10.2. The van der Waals surface area contributed by atoms with Gasteiger partial charge in [-0.2, -0.15) is 0 Å². The standard InChI is InChI=1S/C20H27N5O3/c26-18(6-3-14-2-1-9-28-12-14)21-7-8-25(16-4-5-16)20(27)15-10-17-19(22-11-15)24-13-23-17/h10-11,13-14,16H,1-9,12H2,(H,21,26)(H,22,23,24). The van der Waals surface area contributed by atoms with Crippen LogP contribution in [0.15, 0.2) is 18.6 Å². The van der Waals surface area contributed by atoms with Gasteiger partial charge in [0.05, 0.1) is 17.4 Å². The van der Waals surface area contributed by atoms with Gasteiger partial charge in [0.1, 0.15) is 0 Å². The van der Waals surface area contributed by atoms with E-state index in [0.29, 0.717) is 36.6 Å². The summed E-state index contributed by atoms with van der Waals surface area (Å²) in [6.45, 7) is 2.60. The lowest BCUT2D eigenvalue weighted by Gasteiger charge is -2.23. The number of rotatable bonds is 8. The predicted octanol–water partition coefficient (Wildman–Crippen LogP) is 1.89. The first-order chi connectivity index (χ1) is 13.7. The maximum absolute atomic E-state index is 12.9. The van der Waals surface area contributed by atoms with Gasteiger partial charge in [0, 0.05) is 45.0 Å². The zero-order valence-corrected chi connectivity index (χ0v) is 16.0. The van der Waals surface area contributed by atoms with Crippen molar-refractivity contribution in [3.8, 4) is 0 Å². The summed E-state index contributed by atoms with van der Waals surface area (Å²) >= 11 is 0. The topological polar surface area (TPSA) is 100 Å². The van der Waals surface area contributed by atoms with E-state index in [1.54, 1.807) is 18.6 Å². The van der Waals surface area contributed by atoms with Crippen LogP contribution in [0.3, 0.4) is 0 Å². The van der Waals surface area contributed by atoms with Crippen LogP contribution in [0.2, 0.25) is 0 Å². The van der Waals surface area contributed by atoms with Crippen molar-refractivity contribution < 1.29 is 14.3 Å². The predicted molar refractivity (Wildman–Crippen MR) is 104 cm³/mol. The minimum atomic E-state index is -0.0416. The van der Waals surface area contributed by atoms with Crippen LogP contribution in [0.5, 0.6) is 0 Å². The van der Waals surface area contributed by atoms with E-state index in [4.69, 9.17) is 4.74 Å². The maximum Gasteiger partial charge on any atom is 0.255 e. The van der Waals surface area contributed by atoms with E-state index in [0.717, 1.165) is 50.8 Å². The molecule has 3 heterocycles. The molecule has 28 heavy (non-hydrogen) atoms. The van der Waals surface area contributed by atoms with Gasteiger partial charge in [-0.25, -0.2) is 9.97 Å². The lowest BCUT2D eigenvalue weighted by Crippen LogP contribution is -2.40.